The third-order valence-corrected chi connectivity index (χ3v) is 8.76. The highest BCUT2D eigenvalue weighted by molar-refractivity contribution is 6.29. The predicted molar refractivity (Wildman–Crippen MR) is 181 cm³/mol. The summed E-state index contributed by atoms with van der Waals surface area (Å²) in [4.78, 5) is 17.4. The molecular formula is C39H23N5O. The molecule has 0 radical (unpaired) electrons. The Hall–Kier alpha value is -6.27. The van der Waals surface area contributed by atoms with E-state index < -0.39 is 0 Å². The number of benzene rings is 6. The molecule has 9 aromatic rings. The van der Waals surface area contributed by atoms with Crippen molar-refractivity contribution >= 4 is 61.1 Å². The summed E-state index contributed by atoms with van der Waals surface area (Å²) < 4.78 is 8.70. The first-order valence-electron chi connectivity index (χ1n) is 15.0. The van der Waals surface area contributed by atoms with Crippen molar-refractivity contribution in [2.75, 3.05) is 4.90 Å². The van der Waals surface area contributed by atoms with Crippen LogP contribution in [0.3, 0.4) is 0 Å². The first-order chi connectivity index (χ1) is 22.3. The Morgan fingerprint density at radius 1 is 0.444 bits per heavy atom. The normalized spacial score (nSPS) is 12.4. The molecule has 0 amide bonds. The molecule has 1 aliphatic heterocycles. The summed E-state index contributed by atoms with van der Waals surface area (Å²) in [6.45, 7) is 0. The molecule has 0 bridgehead atoms. The van der Waals surface area contributed by atoms with Gasteiger partial charge in [0, 0.05) is 32.7 Å². The largest absolute Gasteiger partial charge is 0.456 e. The first-order valence-corrected chi connectivity index (χ1v) is 15.0. The molecule has 6 nitrogen and oxygen atoms in total. The Balaban J connectivity index is 1.32. The lowest BCUT2D eigenvalue weighted by molar-refractivity contribution is 0.669. The molecule has 6 aromatic carbocycles. The van der Waals surface area contributed by atoms with Crippen LogP contribution in [0.4, 0.5) is 17.3 Å². The van der Waals surface area contributed by atoms with E-state index in [1.165, 1.54) is 5.39 Å². The Bertz CT molecular complexity index is 2550. The smallest absolute Gasteiger partial charge is 0.238 e. The van der Waals surface area contributed by atoms with Crippen LogP contribution in [0.2, 0.25) is 0 Å². The summed E-state index contributed by atoms with van der Waals surface area (Å²) in [6, 6.07) is 47.7. The number of nitrogens with zero attached hydrogens (tertiary/aromatic N) is 5. The number of aromatic nitrogens is 4. The van der Waals surface area contributed by atoms with Crippen molar-refractivity contribution in [2.24, 2.45) is 0 Å². The molecule has 0 fully saturated rings. The van der Waals surface area contributed by atoms with Gasteiger partial charge in [-0.2, -0.15) is 9.97 Å². The van der Waals surface area contributed by atoms with Gasteiger partial charge in [0.25, 0.3) is 0 Å². The minimum Gasteiger partial charge on any atom is -0.456 e. The maximum atomic E-state index is 6.32. The van der Waals surface area contributed by atoms with Gasteiger partial charge in [-0.05, 0) is 36.4 Å². The van der Waals surface area contributed by atoms with E-state index in [2.05, 4.69) is 76.2 Å². The molecule has 0 N–H and O–H groups in total. The van der Waals surface area contributed by atoms with E-state index in [1.54, 1.807) is 0 Å². The van der Waals surface area contributed by atoms with Gasteiger partial charge in [-0.25, -0.2) is 4.98 Å². The maximum absolute atomic E-state index is 6.32. The molecule has 4 heterocycles. The molecule has 0 unspecified atom stereocenters. The van der Waals surface area contributed by atoms with Crippen molar-refractivity contribution in [1.29, 1.82) is 0 Å². The second-order valence-electron chi connectivity index (χ2n) is 11.3. The molecule has 0 spiro atoms. The SMILES string of the molecule is c1ccc(-c2nc(-c3ccccc3)nc(N3c4ccccc4-n4c5ccc6oc7ccccc7c6c5c5cccc3c54)n2)cc1. The standard InChI is InChI=1S/C39H23N5O/c1-3-12-24(13-4-1)37-40-38(25-14-5-2-6-15-25)42-39(41-37)44-29-19-9-8-18-28(29)43-30-22-23-33-35(26-16-7-10-21-32(26)45-33)34(30)27-17-11-20-31(44)36(27)43/h1-23H. The number of furan rings is 1. The Morgan fingerprint density at radius 2 is 1.07 bits per heavy atom. The Morgan fingerprint density at radius 3 is 1.82 bits per heavy atom. The van der Waals surface area contributed by atoms with Gasteiger partial charge >= 0.3 is 0 Å². The fourth-order valence-electron chi connectivity index (χ4n) is 6.87. The van der Waals surface area contributed by atoms with Gasteiger partial charge < -0.3 is 8.98 Å². The third kappa shape index (κ3) is 3.42. The second kappa shape index (κ2) is 9.11. The first kappa shape index (κ1) is 24.2. The van der Waals surface area contributed by atoms with Crippen LogP contribution in [0.15, 0.2) is 144 Å². The summed E-state index contributed by atoms with van der Waals surface area (Å²) in [7, 11) is 0. The topological polar surface area (TPSA) is 60.0 Å². The van der Waals surface area contributed by atoms with Crippen LogP contribution >= 0.6 is 0 Å². The van der Waals surface area contributed by atoms with Crippen LogP contribution in [0.5, 0.6) is 0 Å². The van der Waals surface area contributed by atoms with Crippen molar-refractivity contribution in [3.63, 3.8) is 0 Å². The fourth-order valence-corrected chi connectivity index (χ4v) is 6.87. The van der Waals surface area contributed by atoms with Gasteiger partial charge in [0.2, 0.25) is 5.95 Å². The van der Waals surface area contributed by atoms with Crippen molar-refractivity contribution in [1.82, 2.24) is 19.5 Å². The highest BCUT2D eigenvalue weighted by Crippen LogP contribution is 2.51. The molecule has 6 heteroatoms. The number of anilines is 3. The number of rotatable bonds is 3. The quantitative estimate of drug-likeness (QED) is 0.209. The maximum Gasteiger partial charge on any atom is 0.238 e. The number of para-hydroxylation sites is 4. The predicted octanol–water partition coefficient (Wildman–Crippen LogP) is 9.99. The lowest BCUT2D eigenvalue weighted by Gasteiger charge is -2.31. The van der Waals surface area contributed by atoms with E-state index in [1.807, 2.05) is 72.8 Å². The van der Waals surface area contributed by atoms with E-state index in [0.29, 0.717) is 17.6 Å². The van der Waals surface area contributed by atoms with E-state index in [0.717, 1.165) is 66.5 Å². The zero-order valence-corrected chi connectivity index (χ0v) is 23.9. The summed E-state index contributed by atoms with van der Waals surface area (Å²) in [6.07, 6.45) is 0. The van der Waals surface area contributed by atoms with Crippen molar-refractivity contribution < 1.29 is 4.42 Å². The Kier molecular flexibility index (Phi) is 4.90. The summed E-state index contributed by atoms with van der Waals surface area (Å²) >= 11 is 0. The molecule has 0 saturated heterocycles. The molecule has 3 aromatic heterocycles. The summed E-state index contributed by atoms with van der Waals surface area (Å²) in [5, 5.41) is 4.58. The van der Waals surface area contributed by atoms with Crippen LogP contribution in [0.1, 0.15) is 0 Å². The zero-order valence-electron chi connectivity index (χ0n) is 23.9. The van der Waals surface area contributed by atoms with Crippen LogP contribution < -0.4 is 4.90 Å². The highest BCUT2D eigenvalue weighted by Gasteiger charge is 2.31. The van der Waals surface area contributed by atoms with Gasteiger partial charge in [-0.1, -0.05) is 103 Å². The van der Waals surface area contributed by atoms with Gasteiger partial charge in [-0.3, -0.25) is 4.90 Å². The van der Waals surface area contributed by atoms with Gasteiger partial charge in [0.1, 0.15) is 11.2 Å². The fraction of sp³-hybridized carbons (Fsp3) is 0. The van der Waals surface area contributed by atoms with Gasteiger partial charge in [0.05, 0.1) is 28.1 Å². The van der Waals surface area contributed by atoms with Crippen LogP contribution in [0, 0.1) is 0 Å². The molecule has 45 heavy (non-hydrogen) atoms. The molecule has 0 aliphatic carbocycles. The van der Waals surface area contributed by atoms with E-state index >= 15 is 0 Å². The Labute approximate surface area is 257 Å². The summed E-state index contributed by atoms with van der Waals surface area (Å²) in [5.41, 5.74) is 8.95. The molecule has 0 saturated carbocycles. The molecule has 210 valence electrons. The second-order valence-corrected chi connectivity index (χ2v) is 11.3. The molecule has 0 atom stereocenters. The minimum atomic E-state index is 0.568. The van der Waals surface area contributed by atoms with E-state index in [9.17, 15) is 0 Å². The molecule has 10 rings (SSSR count). The lowest BCUT2D eigenvalue weighted by Crippen LogP contribution is -2.21. The monoisotopic (exact) mass is 577 g/mol. The van der Waals surface area contributed by atoms with Crippen LogP contribution in [0.25, 0.3) is 72.2 Å². The average Bonchev–Trinajstić information content (AvgIpc) is 3.66. The lowest BCUT2D eigenvalue weighted by atomic mass is 10.0. The average molecular weight is 578 g/mol. The van der Waals surface area contributed by atoms with Gasteiger partial charge in [0.15, 0.2) is 11.6 Å². The van der Waals surface area contributed by atoms with Gasteiger partial charge in [-0.15, -0.1) is 0 Å². The zero-order chi connectivity index (χ0) is 29.5. The van der Waals surface area contributed by atoms with Crippen molar-refractivity contribution in [2.45, 2.75) is 0 Å². The van der Waals surface area contributed by atoms with Crippen molar-refractivity contribution in [3.8, 4) is 28.5 Å². The third-order valence-electron chi connectivity index (χ3n) is 8.76. The van der Waals surface area contributed by atoms with Crippen LogP contribution in [-0.2, 0) is 0 Å². The van der Waals surface area contributed by atoms with E-state index in [4.69, 9.17) is 19.4 Å². The number of fused-ring (bicyclic) bond motifs is 9. The minimum absolute atomic E-state index is 0.568. The van der Waals surface area contributed by atoms with E-state index in [-0.39, 0.29) is 0 Å². The number of hydrogen-bond acceptors (Lipinski definition) is 5. The molecular weight excluding hydrogens is 554 g/mol. The number of hydrogen-bond donors (Lipinski definition) is 0. The summed E-state index contributed by atoms with van der Waals surface area (Å²) in [5.74, 6) is 1.82. The highest BCUT2D eigenvalue weighted by atomic mass is 16.3. The molecule has 1 aliphatic rings. The van der Waals surface area contributed by atoms with Crippen molar-refractivity contribution in [3.05, 3.63) is 140 Å². The van der Waals surface area contributed by atoms with Crippen LogP contribution in [-0.4, -0.2) is 19.5 Å².